The number of hydrogen-bond donors (Lipinski definition) is 1. The van der Waals surface area contributed by atoms with Crippen LogP contribution in [0.1, 0.15) is 12.2 Å². The molecule has 2 heterocycles. The summed E-state index contributed by atoms with van der Waals surface area (Å²) in [5.74, 6) is 1.46. The van der Waals surface area contributed by atoms with E-state index in [1.54, 1.807) is 12.1 Å². The second kappa shape index (κ2) is 4.62. The monoisotopic (exact) mass is 262 g/mol. The lowest BCUT2D eigenvalue weighted by Gasteiger charge is -2.20. The first-order valence-corrected chi connectivity index (χ1v) is 6.20. The van der Waals surface area contributed by atoms with E-state index >= 15 is 0 Å². The van der Waals surface area contributed by atoms with Crippen molar-refractivity contribution in [2.75, 3.05) is 7.11 Å². The average Bonchev–Trinajstić information content (AvgIpc) is 2.82. The van der Waals surface area contributed by atoms with Crippen LogP contribution in [0, 0.1) is 5.82 Å². The highest BCUT2D eigenvalue weighted by Crippen LogP contribution is 2.27. The first-order valence-electron chi connectivity index (χ1n) is 6.20. The normalized spacial score (nSPS) is 18.2. The molecule has 100 valence electrons. The molecule has 0 spiro atoms. The van der Waals surface area contributed by atoms with Gasteiger partial charge in [-0.15, -0.1) is 10.2 Å². The second-order valence-electron chi connectivity index (χ2n) is 4.70. The van der Waals surface area contributed by atoms with Crippen molar-refractivity contribution in [2.24, 2.45) is 5.73 Å². The highest BCUT2D eigenvalue weighted by atomic mass is 19.1. The van der Waals surface area contributed by atoms with Gasteiger partial charge in [0.2, 0.25) is 0 Å². The largest absolute Gasteiger partial charge is 0.494 e. The molecule has 1 aliphatic heterocycles. The summed E-state index contributed by atoms with van der Waals surface area (Å²) < 4.78 is 20.4. The highest BCUT2D eigenvalue weighted by Gasteiger charge is 2.21. The van der Waals surface area contributed by atoms with Crippen LogP contribution in [0.4, 0.5) is 4.39 Å². The van der Waals surface area contributed by atoms with Gasteiger partial charge in [0.05, 0.1) is 7.11 Å². The maximum absolute atomic E-state index is 13.4. The Morgan fingerprint density at radius 1 is 1.42 bits per heavy atom. The van der Waals surface area contributed by atoms with E-state index in [4.69, 9.17) is 10.5 Å². The fraction of sp³-hybridized carbons (Fsp3) is 0.385. The van der Waals surface area contributed by atoms with Crippen molar-refractivity contribution in [3.05, 3.63) is 29.8 Å². The fourth-order valence-electron chi connectivity index (χ4n) is 2.36. The molecule has 0 radical (unpaired) electrons. The molecule has 0 saturated heterocycles. The third-order valence-corrected chi connectivity index (χ3v) is 3.39. The zero-order chi connectivity index (χ0) is 13.4. The van der Waals surface area contributed by atoms with Gasteiger partial charge in [-0.25, -0.2) is 4.39 Å². The smallest absolute Gasteiger partial charge is 0.165 e. The summed E-state index contributed by atoms with van der Waals surface area (Å²) >= 11 is 0. The molecule has 3 rings (SSSR count). The van der Waals surface area contributed by atoms with E-state index in [1.165, 1.54) is 13.2 Å². The number of hydrogen-bond acceptors (Lipinski definition) is 4. The lowest BCUT2D eigenvalue weighted by molar-refractivity contribution is 0.386. The minimum atomic E-state index is -0.388. The second-order valence-corrected chi connectivity index (χ2v) is 4.70. The molecule has 19 heavy (non-hydrogen) atoms. The number of rotatable bonds is 2. The minimum absolute atomic E-state index is 0.115. The Morgan fingerprint density at radius 3 is 3.05 bits per heavy atom. The maximum Gasteiger partial charge on any atom is 0.165 e. The number of aryl methyl sites for hydroxylation is 1. The van der Waals surface area contributed by atoms with Crippen LogP contribution in [0.3, 0.4) is 0 Å². The maximum atomic E-state index is 13.4. The molecule has 0 bridgehead atoms. The fourth-order valence-corrected chi connectivity index (χ4v) is 2.36. The number of aromatic nitrogens is 3. The Morgan fingerprint density at radius 2 is 2.26 bits per heavy atom. The third kappa shape index (κ3) is 2.08. The molecular formula is C13H15FN4O. The number of nitrogens with zero attached hydrogens (tertiary/aromatic N) is 3. The average molecular weight is 262 g/mol. The molecule has 5 nitrogen and oxygen atoms in total. The summed E-state index contributed by atoms with van der Waals surface area (Å²) in [6.45, 7) is 0.692. The van der Waals surface area contributed by atoms with Crippen molar-refractivity contribution in [1.82, 2.24) is 14.8 Å². The third-order valence-electron chi connectivity index (χ3n) is 3.39. The predicted octanol–water partition coefficient (Wildman–Crippen LogP) is 1.37. The quantitative estimate of drug-likeness (QED) is 0.887. The zero-order valence-electron chi connectivity index (χ0n) is 10.6. The molecule has 0 aliphatic carbocycles. The summed E-state index contributed by atoms with van der Waals surface area (Å²) in [5.41, 5.74) is 6.76. The van der Waals surface area contributed by atoms with Gasteiger partial charge in [-0.3, -0.25) is 0 Å². The summed E-state index contributed by atoms with van der Waals surface area (Å²) in [6, 6.07) is 4.80. The number of halogens is 1. The molecule has 1 unspecified atom stereocenters. The topological polar surface area (TPSA) is 66.0 Å². The predicted molar refractivity (Wildman–Crippen MR) is 68.3 cm³/mol. The van der Waals surface area contributed by atoms with Crippen LogP contribution in [0.5, 0.6) is 5.75 Å². The molecular weight excluding hydrogens is 247 g/mol. The van der Waals surface area contributed by atoms with Crippen molar-refractivity contribution in [3.8, 4) is 17.1 Å². The van der Waals surface area contributed by atoms with Crippen LogP contribution < -0.4 is 10.5 Å². The molecule has 1 atom stereocenters. The molecule has 6 heteroatoms. The van der Waals surface area contributed by atoms with Crippen LogP contribution in [0.25, 0.3) is 11.4 Å². The van der Waals surface area contributed by atoms with Gasteiger partial charge in [0, 0.05) is 24.6 Å². The van der Waals surface area contributed by atoms with Gasteiger partial charge in [-0.2, -0.15) is 0 Å². The molecule has 0 fully saturated rings. The Bertz CT molecular complexity index is 611. The van der Waals surface area contributed by atoms with Gasteiger partial charge < -0.3 is 15.0 Å². The Balaban J connectivity index is 2.05. The van der Waals surface area contributed by atoms with Gasteiger partial charge in [-0.1, -0.05) is 0 Å². The standard InChI is InChI=1S/C13H15FN4O/c1-19-11-6-8(2-4-10(11)14)13-17-16-12-5-3-9(15)7-18(12)13/h2,4,6,9H,3,5,7,15H2,1H3. The number of nitrogens with two attached hydrogens (primary N) is 1. The van der Waals surface area contributed by atoms with E-state index in [0.29, 0.717) is 12.4 Å². The van der Waals surface area contributed by atoms with Crippen LogP contribution >= 0.6 is 0 Å². The number of fused-ring (bicyclic) bond motifs is 1. The Hall–Kier alpha value is -1.95. The zero-order valence-corrected chi connectivity index (χ0v) is 10.6. The molecule has 0 amide bonds. The Kier molecular flexibility index (Phi) is 2.94. The summed E-state index contributed by atoms with van der Waals surface area (Å²) in [4.78, 5) is 0. The van der Waals surface area contributed by atoms with Gasteiger partial charge in [0.15, 0.2) is 17.4 Å². The van der Waals surface area contributed by atoms with Crippen LogP contribution in [0.15, 0.2) is 18.2 Å². The van der Waals surface area contributed by atoms with Crippen LogP contribution in [-0.4, -0.2) is 27.9 Å². The van der Waals surface area contributed by atoms with E-state index in [-0.39, 0.29) is 17.6 Å². The first-order chi connectivity index (χ1) is 9.19. The van der Waals surface area contributed by atoms with Gasteiger partial charge in [0.1, 0.15) is 5.82 Å². The molecule has 1 aromatic heterocycles. The SMILES string of the molecule is COc1cc(-c2nnc3n2CC(N)CC3)ccc1F. The number of methoxy groups -OCH3 is 1. The minimum Gasteiger partial charge on any atom is -0.494 e. The van der Waals surface area contributed by atoms with Gasteiger partial charge in [0.25, 0.3) is 0 Å². The van der Waals surface area contributed by atoms with Crippen molar-refractivity contribution in [2.45, 2.75) is 25.4 Å². The van der Waals surface area contributed by atoms with Crippen molar-refractivity contribution >= 4 is 0 Å². The summed E-state index contributed by atoms with van der Waals surface area (Å²) in [7, 11) is 1.44. The lowest BCUT2D eigenvalue weighted by atomic mass is 10.1. The first kappa shape index (κ1) is 12.1. The summed E-state index contributed by atoms with van der Waals surface area (Å²) in [6.07, 6.45) is 1.75. The van der Waals surface area contributed by atoms with E-state index < -0.39 is 0 Å². The lowest BCUT2D eigenvalue weighted by Crippen LogP contribution is -2.32. The van der Waals surface area contributed by atoms with E-state index in [1.807, 2.05) is 4.57 Å². The van der Waals surface area contributed by atoms with Crippen LogP contribution in [0.2, 0.25) is 0 Å². The van der Waals surface area contributed by atoms with E-state index in [9.17, 15) is 4.39 Å². The van der Waals surface area contributed by atoms with Crippen LogP contribution in [-0.2, 0) is 13.0 Å². The Labute approximate surface area is 110 Å². The van der Waals surface area contributed by atoms with Crippen molar-refractivity contribution in [3.63, 3.8) is 0 Å². The molecule has 0 saturated carbocycles. The van der Waals surface area contributed by atoms with Crippen molar-refractivity contribution in [1.29, 1.82) is 0 Å². The molecule has 2 N–H and O–H groups in total. The highest BCUT2D eigenvalue weighted by molar-refractivity contribution is 5.58. The number of benzene rings is 1. The van der Waals surface area contributed by atoms with E-state index in [0.717, 1.165) is 24.2 Å². The van der Waals surface area contributed by atoms with Gasteiger partial charge in [-0.05, 0) is 24.6 Å². The van der Waals surface area contributed by atoms with Gasteiger partial charge >= 0.3 is 0 Å². The number of ether oxygens (including phenoxy) is 1. The summed E-state index contributed by atoms with van der Waals surface area (Å²) in [5, 5.41) is 8.36. The van der Waals surface area contributed by atoms with E-state index in [2.05, 4.69) is 10.2 Å². The molecule has 1 aromatic carbocycles. The molecule has 1 aliphatic rings. The van der Waals surface area contributed by atoms with Crippen molar-refractivity contribution < 1.29 is 9.13 Å². The molecule has 2 aromatic rings.